The fourth-order valence-electron chi connectivity index (χ4n) is 2.53. The molecule has 0 spiro atoms. The van der Waals surface area contributed by atoms with Gasteiger partial charge in [0.2, 0.25) is 0 Å². The maximum Gasteiger partial charge on any atom is 0.262 e. The monoisotopic (exact) mass is 313 g/mol. The van der Waals surface area contributed by atoms with Gasteiger partial charge in [0.25, 0.3) is 11.8 Å². The van der Waals surface area contributed by atoms with Crippen molar-refractivity contribution in [3.05, 3.63) is 70.2 Å². The van der Waals surface area contributed by atoms with Crippen LogP contribution in [0.3, 0.4) is 0 Å². The molecule has 0 saturated heterocycles. The highest BCUT2D eigenvalue weighted by Gasteiger charge is 2.40. The molecule has 110 valence electrons. The Kier molecular flexibility index (Phi) is 3.54. The Hall–Kier alpha value is -2.46. The third-order valence-corrected chi connectivity index (χ3v) is 3.97. The van der Waals surface area contributed by atoms with E-state index < -0.39 is 17.9 Å². The third-order valence-electron chi connectivity index (χ3n) is 3.72. The topological polar surface area (TPSA) is 54.5 Å². The number of amides is 2. The van der Waals surface area contributed by atoms with Crippen LogP contribution in [0.5, 0.6) is 0 Å². The molecule has 1 atom stereocenters. The number of rotatable bonds is 3. The van der Waals surface area contributed by atoms with E-state index in [4.69, 9.17) is 11.6 Å². The molecule has 0 saturated carbocycles. The number of hydrogen-bond donors (Lipinski definition) is 0. The zero-order valence-electron chi connectivity index (χ0n) is 11.7. The molecule has 1 aliphatic heterocycles. The van der Waals surface area contributed by atoms with Gasteiger partial charge in [0.05, 0.1) is 11.1 Å². The minimum Gasteiger partial charge on any atom is -0.292 e. The van der Waals surface area contributed by atoms with E-state index in [0.29, 0.717) is 21.7 Å². The standard InChI is InChI=1S/C17H12ClNO3/c1-10(15(20)11-6-8-12(18)9-7-11)19-16(21)13-4-2-3-5-14(13)17(19)22/h2-10H,1H3. The Morgan fingerprint density at radius 1 is 0.955 bits per heavy atom. The lowest BCUT2D eigenvalue weighted by molar-refractivity contribution is 0.0555. The highest BCUT2D eigenvalue weighted by atomic mass is 35.5. The first-order valence-electron chi connectivity index (χ1n) is 6.77. The summed E-state index contributed by atoms with van der Waals surface area (Å²) in [5.74, 6) is -1.17. The van der Waals surface area contributed by atoms with Gasteiger partial charge >= 0.3 is 0 Å². The van der Waals surface area contributed by atoms with E-state index in [0.717, 1.165) is 4.90 Å². The van der Waals surface area contributed by atoms with E-state index in [9.17, 15) is 14.4 Å². The molecular weight excluding hydrogens is 302 g/mol. The Morgan fingerprint density at radius 3 is 1.95 bits per heavy atom. The smallest absolute Gasteiger partial charge is 0.262 e. The fourth-order valence-corrected chi connectivity index (χ4v) is 2.66. The van der Waals surface area contributed by atoms with Crippen LogP contribution in [0.15, 0.2) is 48.5 Å². The molecule has 0 aromatic heterocycles. The van der Waals surface area contributed by atoms with Gasteiger partial charge in [0.1, 0.15) is 6.04 Å². The summed E-state index contributed by atoms with van der Waals surface area (Å²) in [7, 11) is 0. The van der Waals surface area contributed by atoms with Gasteiger partial charge in [-0.15, -0.1) is 0 Å². The second kappa shape index (κ2) is 5.39. The lowest BCUT2D eigenvalue weighted by Gasteiger charge is -2.21. The molecular formula is C17H12ClNO3. The number of nitrogens with zero attached hydrogens (tertiary/aromatic N) is 1. The van der Waals surface area contributed by atoms with Gasteiger partial charge in [-0.3, -0.25) is 19.3 Å². The number of imide groups is 1. The summed E-state index contributed by atoms with van der Waals surface area (Å²) in [6.07, 6.45) is 0. The molecule has 4 nitrogen and oxygen atoms in total. The quantitative estimate of drug-likeness (QED) is 0.646. The Labute approximate surface area is 132 Å². The van der Waals surface area contributed by atoms with Crippen molar-refractivity contribution in [2.75, 3.05) is 0 Å². The van der Waals surface area contributed by atoms with Crippen LogP contribution in [0.4, 0.5) is 0 Å². The molecule has 2 aromatic rings. The van der Waals surface area contributed by atoms with E-state index in [1.165, 1.54) is 0 Å². The number of carbonyl (C=O) groups excluding carboxylic acids is 3. The van der Waals surface area contributed by atoms with Crippen molar-refractivity contribution in [1.29, 1.82) is 0 Å². The van der Waals surface area contributed by atoms with Crippen molar-refractivity contribution >= 4 is 29.2 Å². The van der Waals surface area contributed by atoms with E-state index in [1.54, 1.807) is 55.5 Å². The largest absolute Gasteiger partial charge is 0.292 e. The number of benzene rings is 2. The lowest BCUT2D eigenvalue weighted by atomic mass is 10.0. The minimum atomic E-state index is -0.867. The second-order valence-corrected chi connectivity index (χ2v) is 5.51. The van der Waals surface area contributed by atoms with Crippen LogP contribution < -0.4 is 0 Å². The second-order valence-electron chi connectivity index (χ2n) is 5.07. The zero-order chi connectivity index (χ0) is 15.9. The number of fused-ring (bicyclic) bond motifs is 1. The van der Waals surface area contributed by atoms with Gasteiger partial charge < -0.3 is 0 Å². The first-order valence-corrected chi connectivity index (χ1v) is 7.15. The van der Waals surface area contributed by atoms with Crippen LogP contribution in [0, 0.1) is 0 Å². The molecule has 0 N–H and O–H groups in total. The predicted octanol–water partition coefficient (Wildman–Crippen LogP) is 3.21. The molecule has 1 heterocycles. The summed E-state index contributed by atoms with van der Waals surface area (Å²) in [6, 6.07) is 12.1. The first-order chi connectivity index (χ1) is 10.5. The van der Waals surface area contributed by atoms with Crippen LogP contribution in [-0.2, 0) is 0 Å². The van der Waals surface area contributed by atoms with Crippen molar-refractivity contribution in [2.24, 2.45) is 0 Å². The Balaban J connectivity index is 1.92. The van der Waals surface area contributed by atoms with Gasteiger partial charge in [-0.05, 0) is 43.3 Å². The van der Waals surface area contributed by atoms with E-state index in [1.807, 2.05) is 0 Å². The highest BCUT2D eigenvalue weighted by Crippen LogP contribution is 2.25. The maximum atomic E-state index is 12.5. The molecule has 1 unspecified atom stereocenters. The van der Waals surface area contributed by atoms with Gasteiger partial charge in [0.15, 0.2) is 5.78 Å². The summed E-state index contributed by atoms with van der Waals surface area (Å²) < 4.78 is 0. The average Bonchev–Trinajstić information content (AvgIpc) is 2.79. The van der Waals surface area contributed by atoms with Crippen LogP contribution in [0.25, 0.3) is 0 Å². The molecule has 5 heteroatoms. The van der Waals surface area contributed by atoms with E-state index >= 15 is 0 Å². The molecule has 0 aliphatic carbocycles. The summed E-state index contributed by atoms with van der Waals surface area (Å²) in [4.78, 5) is 38.3. The highest BCUT2D eigenvalue weighted by molar-refractivity contribution is 6.30. The van der Waals surface area contributed by atoms with Crippen LogP contribution in [-0.4, -0.2) is 28.5 Å². The Bertz CT molecular complexity index is 748. The average molecular weight is 314 g/mol. The minimum absolute atomic E-state index is 0.300. The molecule has 3 rings (SSSR count). The predicted molar refractivity (Wildman–Crippen MR) is 82.2 cm³/mol. The van der Waals surface area contributed by atoms with E-state index in [2.05, 4.69) is 0 Å². The number of hydrogen-bond acceptors (Lipinski definition) is 3. The van der Waals surface area contributed by atoms with Gasteiger partial charge in [-0.25, -0.2) is 0 Å². The summed E-state index contributed by atoms with van der Waals surface area (Å²) >= 11 is 5.80. The zero-order valence-corrected chi connectivity index (χ0v) is 12.5. The van der Waals surface area contributed by atoms with Gasteiger partial charge in [-0.2, -0.15) is 0 Å². The molecule has 0 bridgehead atoms. The van der Waals surface area contributed by atoms with Crippen LogP contribution in [0.1, 0.15) is 38.0 Å². The molecule has 2 aromatic carbocycles. The number of ketones is 1. The van der Waals surface area contributed by atoms with Gasteiger partial charge in [-0.1, -0.05) is 23.7 Å². The molecule has 2 amide bonds. The Morgan fingerprint density at radius 2 is 1.45 bits per heavy atom. The summed E-state index contributed by atoms with van der Waals surface area (Å²) in [5, 5.41) is 0.518. The fraction of sp³-hybridized carbons (Fsp3) is 0.118. The maximum absolute atomic E-state index is 12.5. The van der Waals surface area contributed by atoms with Crippen LogP contribution >= 0.6 is 11.6 Å². The number of carbonyl (C=O) groups is 3. The van der Waals surface area contributed by atoms with E-state index in [-0.39, 0.29) is 5.78 Å². The van der Waals surface area contributed by atoms with Gasteiger partial charge in [0, 0.05) is 10.6 Å². The lowest BCUT2D eigenvalue weighted by Crippen LogP contribution is -2.42. The van der Waals surface area contributed by atoms with Crippen LogP contribution in [0.2, 0.25) is 5.02 Å². The number of Topliss-reactive ketones (excluding diaryl/α,β-unsaturated/α-hetero) is 1. The summed E-state index contributed by atoms with van der Waals surface area (Å²) in [6.45, 7) is 1.55. The van der Waals surface area contributed by atoms with Crippen molar-refractivity contribution in [2.45, 2.75) is 13.0 Å². The molecule has 0 fully saturated rings. The van der Waals surface area contributed by atoms with Crippen molar-refractivity contribution in [3.8, 4) is 0 Å². The number of halogens is 1. The van der Waals surface area contributed by atoms with Crippen molar-refractivity contribution < 1.29 is 14.4 Å². The SMILES string of the molecule is CC(C(=O)c1ccc(Cl)cc1)N1C(=O)c2ccccc2C1=O. The molecule has 0 radical (unpaired) electrons. The molecule has 22 heavy (non-hydrogen) atoms. The normalized spacial score (nSPS) is 14.9. The first kappa shape index (κ1) is 14.5. The van der Waals surface area contributed by atoms with Crippen molar-refractivity contribution in [1.82, 2.24) is 4.90 Å². The van der Waals surface area contributed by atoms with Crippen molar-refractivity contribution in [3.63, 3.8) is 0 Å². The summed E-state index contributed by atoms with van der Waals surface area (Å²) in [5.41, 5.74) is 1.08. The third kappa shape index (κ3) is 2.22. The molecule has 1 aliphatic rings.